The van der Waals surface area contributed by atoms with Crippen molar-refractivity contribution in [3.05, 3.63) is 23.5 Å². The normalized spacial score (nSPS) is 25.6. The average Bonchev–Trinajstić information content (AvgIpc) is 3.01. The van der Waals surface area contributed by atoms with Crippen LogP contribution in [-0.4, -0.2) is 54.3 Å². The van der Waals surface area contributed by atoms with Gasteiger partial charge in [-0.2, -0.15) is 4.31 Å². The van der Waals surface area contributed by atoms with E-state index in [0.29, 0.717) is 19.1 Å². The second-order valence-electron chi connectivity index (χ2n) is 6.18. The fourth-order valence-electron chi connectivity index (χ4n) is 3.64. The maximum absolute atomic E-state index is 12.8. The predicted molar refractivity (Wildman–Crippen MR) is 86.4 cm³/mol. The number of sulfonamides is 1. The van der Waals surface area contributed by atoms with Crippen LogP contribution in [0.1, 0.15) is 32.6 Å². The van der Waals surface area contributed by atoms with Crippen LogP contribution >= 0.6 is 11.6 Å². The summed E-state index contributed by atoms with van der Waals surface area (Å²) in [6.07, 6.45) is 6.57. The van der Waals surface area contributed by atoms with Crippen LogP contribution in [0.25, 0.3) is 0 Å². The van der Waals surface area contributed by atoms with Gasteiger partial charge in [0, 0.05) is 37.9 Å². The SMILES string of the molecule is CC1CN(S(=O)(=O)c2cccnc2Cl)CCN1C1CCCC1. The molecular weight excluding hydrogens is 322 g/mol. The topological polar surface area (TPSA) is 53.5 Å². The van der Waals surface area contributed by atoms with Gasteiger partial charge in [-0.15, -0.1) is 0 Å². The number of piperazine rings is 1. The molecule has 0 bridgehead atoms. The van der Waals surface area contributed by atoms with E-state index in [2.05, 4.69) is 16.8 Å². The molecule has 2 fully saturated rings. The molecule has 5 nitrogen and oxygen atoms in total. The summed E-state index contributed by atoms with van der Waals surface area (Å²) in [5.41, 5.74) is 0. The van der Waals surface area contributed by atoms with Crippen LogP contribution in [0.4, 0.5) is 0 Å². The number of aromatic nitrogens is 1. The second kappa shape index (κ2) is 6.43. The Morgan fingerprint density at radius 1 is 1.27 bits per heavy atom. The Bertz CT molecular complexity index is 631. The molecule has 3 rings (SSSR count). The lowest BCUT2D eigenvalue weighted by Gasteiger charge is -2.42. The molecular formula is C15H22ClN3O2S. The molecule has 0 N–H and O–H groups in total. The van der Waals surface area contributed by atoms with Gasteiger partial charge in [0.2, 0.25) is 10.0 Å². The highest BCUT2D eigenvalue weighted by Crippen LogP contribution is 2.29. The minimum absolute atomic E-state index is 0.0494. The van der Waals surface area contributed by atoms with E-state index in [9.17, 15) is 8.42 Å². The van der Waals surface area contributed by atoms with E-state index in [1.54, 1.807) is 10.4 Å². The molecule has 1 saturated carbocycles. The first-order valence-electron chi connectivity index (χ1n) is 7.86. The molecule has 7 heteroatoms. The number of hydrogen-bond donors (Lipinski definition) is 0. The van der Waals surface area contributed by atoms with Crippen molar-refractivity contribution in [1.82, 2.24) is 14.2 Å². The van der Waals surface area contributed by atoms with Crippen molar-refractivity contribution in [3.63, 3.8) is 0 Å². The van der Waals surface area contributed by atoms with Crippen LogP contribution in [0, 0.1) is 0 Å². The lowest BCUT2D eigenvalue weighted by Crippen LogP contribution is -2.56. The molecule has 0 radical (unpaired) electrons. The van der Waals surface area contributed by atoms with E-state index >= 15 is 0 Å². The average molecular weight is 344 g/mol. The summed E-state index contributed by atoms with van der Waals surface area (Å²) < 4.78 is 27.1. The van der Waals surface area contributed by atoms with Crippen LogP contribution in [0.2, 0.25) is 5.15 Å². The summed E-state index contributed by atoms with van der Waals surface area (Å²) in [6, 6.07) is 4.00. The monoisotopic (exact) mass is 343 g/mol. The third-order valence-electron chi connectivity index (χ3n) is 4.78. The number of pyridine rings is 1. The van der Waals surface area contributed by atoms with Crippen LogP contribution < -0.4 is 0 Å². The van der Waals surface area contributed by atoms with Gasteiger partial charge in [0.15, 0.2) is 0 Å². The maximum atomic E-state index is 12.8. The summed E-state index contributed by atoms with van der Waals surface area (Å²) in [4.78, 5) is 6.47. The zero-order valence-electron chi connectivity index (χ0n) is 12.8. The Kier molecular flexibility index (Phi) is 4.73. The molecule has 1 aromatic rings. The van der Waals surface area contributed by atoms with Crippen molar-refractivity contribution in [2.75, 3.05) is 19.6 Å². The van der Waals surface area contributed by atoms with Crippen LogP contribution in [0.15, 0.2) is 23.2 Å². The van der Waals surface area contributed by atoms with Gasteiger partial charge < -0.3 is 0 Å². The largest absolute Gasteiger partial charge is 0.295 e. The van der Waals surface area contributed by atoms with Gasteiger partial charge in [-0.25, -0.2) is 13.4 Å². The Morgan fingerprint density at radius 3 is 2.64 bits per heavy atom. The van der Waals surface area contributed by atoms with Crippen molar-refractivity contribution >= 4 is 21.6 Å². The lowest BCUT2D eigenvalue weighted by atomic mass is 10.1. The summed E-state index contributed by atoms with van der Waals surface area (Å²) in [6.45, 7) is 3.95. The van der Waals surface area contributed by atoms with Crippen molar-refractivity contribution < 1.29 is 8.42 Å². The molecule has 1 aliphatic heterocycles. The number of rotatable bonds is 3. The van der Waals surface area contributed by atoms with Crippen molar-refractivity contribution in [1.29, 1.82) is 0 Å². The van der Waals surface area contributed by atoms with Crippen LogP contribution in [0.3, 0.4) is 0 Å². The minimum atomic E-state index is -3.56. The Hall–Kier alpha value is -0.690. The molecule has 1 aliphatic carbocycles. The van der Waals surface area contributed by atoms with Gasteiger partial charge in [-0.05, 0) is 31.9 Å². The molecule has 2 heterocycles. The highest BCUT2D eigenvalue weighted by atomic mass is 35.5. The quantitative estimate of drug-likeness (QED) is 0.791. The van der Waals surface area contributed by atoms with Gasteiger partial charge in [-0.1, -0.05) is 24.4 Å². The van der Waals surface area contributed by atoms with Gasteiger partial charge in [0.25, 0.3) is 0 Å². The molecule has 22 heavy (non-hydrogen) atoms. The summed E-state index contributed by atoms with van der Waals surface area (Å²) >= 11 is 5.97. The summed E-state index contributed by atoms with van der Waals surface area (Å²) in [7, 11) is -3.56. The van der Waals surface area contributed by atoms with Gasteiger partial charge in [0.1, 0.15) is 10.0 Å². The standard InChI is InChI=1S/C15H22ClN3O2S/c1-12-11-18(9-10-19(12)13-5-2-3-6-13)22(20,21)14-7-4-8-17-15(14)16/h4,7-8,12-13H,2-3,5-6,9-11H2,1H3. The minimum Gasteiger partial charge on any atom is -0.295 e. The molecule has 0 spiro atoms. The van der Waals surface area contributed by atoms with E-state index in [0.717, 1.165) is 6.54 Å². The number of halogens is 1. The van der Waals surface area contributed by atoms with E-state index in [4.69, 9.17) is 11.6 Å². The third-order valence-corrected chi connectivity index (χ3v) is 7.09. The second-order valence-corrected chi connectivity index (χ2v) is 8.44. The molecule has 0 amide bonds. The van der Waals surface area contributed by atoms with E-state index in [1.807, 2.05) is 0 Å². The first-order chi connectivity index (χ1) is 10.5. The fourth-order valence-corrected chi connectivity index (χ4v) is 5.58. The highest BCUT2D eigenvalue weighted by Gasteiger charge is 2.36. The lowest BCUT2D eigenvalue weighted by molar-refractivity contribution is 0.0853. The zero-order valence-corrected chi connectivity index (χ0v) is 14.4. The van der Waals surface area contributed by atoms with Gasteiger partial charge >= 0.3 is 0 Å². The van der Waals surface area contributed by atoms with Crippen LogP contribution in [-0.2, 0) is 10.0 Å². The van der Waals surface area contributed by atoms with Crippen molar-refractivity contribution in [3.8, 4) is 0 Å². The van der Waals surface area contributed by atoms with E-state index < -0.39 is 10.0 Å². The predicted octanol–water partition coefficient (Wildman–Crippen LogP) is 2.37. The smallest absolute Gasteiger partial charge is 0.246 e. The highest BCUT2D eigenvalue weighted by molar-refractivity contribution is 7.89. The zero-order chi connectivity index (χ0) is 15.7. The molecule has 1 atom stereocenters. The number of hydrogen-bond acceptors (Lipinski definition) is 4. The Balaban J connectivity index is 1.76. The molecule has 1 unspecified atom stereocenters. The first kappa shape index (κ1) is 16.2. The molecule has 0 aromatic carbocycles. The first-order valence-corrected chi connectivity index (χ1v) is 9.68. The van der Waals surface area contributed by atoms with Gasteiger partial charge in [0.05, 0.1) is 0 Å². The molecule has 1 saturated heterocycles. The van der Waals surface area contributed by atoms with Crippen molar-refractivity contribution in [2.45, 2.75) is 49.6 Å². The van der Waals surface area contributed by atoms with Crippen LogP contribution in [0.5, 0.6) is 0 Å². The Morgan fingerprint density at radius 2 is 2.00 bits per heavy atom. The molecule has 1 aromatic heterocycles. The molecule has 122 valence electrons. The van der Waals surface area contributed by atoms with E-state index in [-0.39, 0.29) is 16.1 Å². The maximum Gasteiger partial charge on any atom is 0.246 e. The third kappa shape index (κ3) is 3.02. The van der Waals surface area contributed by atoms with Gasteiger partial charge in [-0.3, -0.25) is 4.90 Å². The summed E-state index contributed by atoms with van der Waals surface area (Å²) in [5, 5.41) is 0.0494. The fraction of sp³-hybridized carbons (Fsp3) is 0.667. The van der Waals surface area contributed by atoms with E-state index in [1.165, 1.54) is 37.9 Å². The number of nitrogens with zero attached hydrogens (tertiary/aromatic N) is 3. The summed E-state index contributed by atoms with van der Waals surface area (Å²) in [5.74, 6) is 0. The Labute approximate surface area is 137 Å². The van der Waals surface area contributed by atoms with Crippen molar-refractivity contribution in [2.24, 2.45) is 0 Å². The molecule has 2 aliphatic rings.